The van der Waals surface area contributed by atoms with Crippen molar-refractivity contribution in [3.05, 3.63) is 57.9 Å². The smallest absolute Gasteiger partial charge is 0.337 e. The maximum absolute atomic E-state index is 12.2. The van der Waals surface area contributed by atoms with Gasteiger partial charge in [0.2, 0.25) is 5.91 Å². The van der Waals surface area contributed by atoms with E-state index in [4.69, 9.17) is 11.6 Å². The highest BCUT2D eigenvalue weighted by Crippen LogP contribution is 2.18. The zero-order valence-electron chi connectivity index (χ0n) is 13.1. The number of nitrogens with one attached hydrogen (secondary N) is 1. The number of carboxylic acid groups (broad SMARTS) is 1. The first-order chi connectivity index (χ1) is 10.9. The number of carboxylic acids is 1. The number of hydrogen-bond acceptors (Lipinski definition) is 2. The Labute approximate surface area is 139 Å². The number of aryl methyl sites for hydroxylation is 2. The van der Waals surface area contributed by atoms with Gasteiger partial charge in [0.25, 0.3) is 0 Å². The first kappa shape index (κ1) is 17.1. The van der Waals surface area contributed by atoms with Crippen LogP contribution in [-0.2, 0) is 24.3 Å². The maximum atomic E-state index is 12.2. The number of halogens is 1. The molecule has 0 aliphatic rings. The molecule has 2 N–H and O–H groups in total. The Hall–Kier alpha value is -2.27. The molecule has 2 rings (SSSR count). The normalized spacial score (nSPS) is 10.6. The van der Waals surface area contributed by atoms with Gasteiger partial charge in [-0.3, -0.25) is 4.79 Å². The number of aromatic carboxylic acids is 1. The van der Waals surface area contributed by atoms with Gasteiger partial charge in [0.15, 0.2) is 0 Å². The van der Waals surface area contributed by atoms with Gasteiger partial charge in [-0.1, -0.05) is 29.8 Å². The molecule has 2 aromatic rings. The second-order valence-electron chi connectivity index (χ2n) is 5.27. The highest BCUT2D eigenvalue weighted by atomic mass is 35.5. The summed E-state index contributed by atoms with van der Waals surface area (Å²) in [4.78, 5) is 23.6. The summed E-state index contributed by atoms with van der Waals surface area (Å²) in [5.41, 5.74) is 2.21. The quantitative estimate of drug-likeness (QED) is 0.853. The average Bonchev–Trinajstić information content (AvgIpc) is 2.82. The van der Waals surface area contributed by atoms with Crippen LogP contribution in [0.3, 0.4) is 0 Å². The lowest BCUT2D eigenvalue weighted by Crippen LogP contribution is -2.26. The molecule has 5 nitrogen and oxygen atoms in total. The molecular weight excluding hydrogens is 316 g/mol. The van der Waals surface area contributed by atoms with Crippen molar-refractivity contribution in [3.8, 4) is 0 Å². The number of benzene rings is 1. The largest absolute Gasteiger partial charge is 0.478 e. The predicted octanol–water partition coefficient (Wildman–Crippen LogP) is 3.03. The first-order valence-corrected chi connectivity index (χ1v) is 7.73. The average molecular weight is 335 g/mol. The summed E-state index contributed by atoms with van der Waals surface area (Å²) in [7, 11) is 0. The molecule has 0 aliphatic carbocycles. The van der Waals surface area contributed by atoms with Crippen molar-refractivity contribution in [2.45, 2.75) is 33.4 Å². The van der Waals surface area contributed by atoms with Crippen molar-refractivity contribution in [2.24, 2.45) is 0 Å². The lowest BCUT2D eigenvalue weighted by Gasteiger charge is -2.10. The van der Waals surface area contributed by atoms with Crippen molar-refractivity contribution in [3.63, 3.8) is 0 Å². The Balaban J connectivity index is 2.11. The third-order valence-electron chi connectivity index (χ3n) is 3.70. The fourth-order valence-electron chi connectivity index (χ4n) is 2.56. The van der Waals surface area contributed by atoms with Crippen molar-refractivity contribution < 1.29 is 14.7 Å². The molecule has 0 bridgehead atoms. The van der Waals surface area contributed by atoms with E-state index < -0.39 is 5.97 Å². The number of aromatic nitrogens is 1. The van der Waals surface area contributed by atoms with Gasteiger partial charge >= 0.3 is 5.97 Å². The molecule has 0 fully saturated rings. The molecule has 0 saturated heterocycles. The van der Waals surface area contributed by atoms with E-state index in [-0.39, 0.29) is 17.9 Å². The second kappa shape index (κ2) is 7.33. The molecule has 6 heteroatoms. The molecule has 1 amide bonds. The molecule has 0 spiro atoms. The van der Waals surface area contributed by atoms with Gasteiger partial charge in [0.1, 0.15) is 0 Å². The summed E-state index contributed by atoms with van der Waals surface area (Å²) >= 11 is 6.05. The third-order valence-corrected chi connectivity index (χ3v) is 4.06. The van der Waals surface area contributed by atoms with Gasteiger partial charge in [0, 0.05) is 30.0 Å². The Morgan fingerprint density at radius 3 is 2.61 bits per heavy atom. The summed E-state index contributed by atoms with van der Waals surface area (Å²) in [5, 5.41) is 12.7. The second-order valence-corrected chi connectivity index (χ2v) is 5.68. The minimum Gasteiger partial charge on any atom is -0.478 e. The minimum atomic E-state index is -1.01. The maximum Gasteiger partial charge on any atom is 0.337 e. The Morgan fingerprint density at radius 1 is 1.30 bits per heavy atom. The predicted molar refractivity (Wildman–Crippen MR) is 88.8 cm³/mol. The van der Waals surface area contributed by atoms with Crippen molar-refractivity contribution in [1.82, 2.24) is 9.88 Å². The van der Waals surface area contributed by atoms with Crippen LogP contribution >= 0.6 is 11.6 Å². The standard InChI is InChI=1S/C17H19ClN2O3/c1-3-20-10-11(2)16(17(22)23)14(20)8-15(21)19-9-12-6-4-5-7-13(12)18/h4-7,10H,3,8-9H2,1-2H3,(H,19,21)(H,22,23). The fraction of sp³-hybridized carbons (Fsp3) is 0.294. The zero-order chi connectivity index (χ0) is 17.0. The summed E-state index contributed by atoms with van der Waals surface area (Å²) in [5.74, 6) is -1.25. The van der Waals surface area contributed by atoms with Crippen LogP contribution in [0, 0.1) is 6.92 Å². The van der Waals surface area contributed by atoms with Crippen LogP contribution < -0.4 is 5.32 Å². The lowest BCUT2D eigenvalue weighted by atomic mass is 10.1. The van der Waals surface area contributed by atoms with Crippen LogP contribution in [-0.4, -0.2) is 21.6 Å². The summed E-state index contributed by atoms with van der Waals surface area (Å²) in [6.45, 7) is 4.57. The number of nitrogens with zero attached hydrogens (tertiary/aromatic N) is 1. The lowest BCUT2D eigenvalue weighted by molar-refractivity contribution is -0.120. The van der Waals surface area contributed by atoms with E-state index in [0.717, 1.165) is 5.56 Å². The molecule has 0 atom stereocenters. The van der Waals surface area contributed by atoms with Gasteiger partial charge in [-0.25, -0.2) is 4.79 Å². The topological polar surface area (TPSA) is 71.3 Å². The Bertz CT molecular complexity index is 737. The number of carbonyl (C=O) groups is 2. The number of carbonyl (C=O) groups excluding carboxylic acids is 1. The van der Waals surface area contributed by atoms with Crippen LogP contribution in [0.4, 0.5) is 0 Å². The molecule has 0 saturated carbocycles. The van der Waals surface area contributed by atoms with E-state index in [1.165, 1.54) is 0 Å². The number of rotatable bonds is 6. The molecule has 0 aliphatic heterocycles. The molecule has 0 radical (unpaired) electrons. The van der Waals surface area contributed by atoms with Crippen molar-refractivity contribution in [1.29, 1.82) is 0 Å². The summed E-state index contributed by atoms with van der Waals surface area (Å²) < 4.78 is 1.80. The van der Waals surface area contributed by atoms with Gasteiger partial charge in [0.05, 0.1) is 12.0 Å². The summed E-state index contributed by atoms with van der Waals surface area (Å²) in [6, 6.07) is 7.27. The molecular formula is C17H19ClN2O3. The van der Waals surface area contributed by atoms with E-state index >= 15 is 0 Å². The fourth-order valence-corrected chi connectivity index (χ4v) is 2.76. The van der Waals surface area contributed by atoms with Crippen LogP contribution in [0.5, 0.6) is 0 Å². The van der Waals surface area contributed by atoms with Crippen LogP contribution in [0.1, 0.15) is 34.1 Å². The Morgan fingerprint density at radius 2 is 2.00 bits per heavy atom. The van der Waals surface area contributed by atoms with Gasteiger partial charge in [-0.2, -0.15) is 0 Å². The minimum absolute atomic E-state index is 0.0216. The van der Waals surface area contributed by atoms with E-state index in [0.29, 0.717) is 29.4 Å². The van der Waals surface area contributed by atoms with Crippen molar-refractivity contribution in [2.75, 3.05) is 0 Å². The molecule has 23 heavy (non-hydrogen) atoms. The van der Waals surface area contributed by atoms with Crippen LogP contribution in [0.2, 0.25) is 5.02 Å². The molecule has 1 aromatic heterocycles. The zero-order valence-corrected chi connectivity index (χ0v) is 13.9. The molecule has 1 heterocycles. The van der Waals surface area contributed by atoms with Gasteiger partial charge in [-0.05, 0) is 31.0 Å². The number of amides is 1. The van der Waals surface area contributed by atoms with E-state index in [9.17, 15) is 14.7 Å². The third kappa shape index (κ3) is 3.93. The van der Waals surface area contributed by atoms with Crippen LogP contribution in [0.25, 0.3) is 0 Å². The van der Waals surface area contributed by atoms with E-state index in [2.05, 4.69) is 5.32 Å². The van der Waals surface area contributed by atoms with E-state index in [1.807, 2.05) is 25.1 Å². The molecule has 0 unspecified atom stereocenters. The van der Waals surface area contributed by atoms with Crippen molar-refractivity contribution >= 4 is 23.5 Å². The van der Waals surface area contributed by atoms with E-state index in [1.54, 1.807) is 23.8 Å². The Kier molecular flexibility index (Phi) is 5.45. The molecule has 122 valence electrons. The monoisotopic (exact) mass is 334 g/mol. The van der Waals surface area contributed by atoms with Crippen LogP contribution in [0.15, 0.2) is 30.5 Å². The summed E-state index contributed by atoms with van der Waals surface area (Å²) in [6.07, 6.45) is 1.79. The highest BCUT2D eigenvalue weighted by molar-refractivity contribution is 6.31. The first-order valence-electron chi connectivity index (χ1n) is 7.36. The van der Waals surface area contributed by atoms with Gasteiger partial charge < -0.3 is 15.0 Å². The highest BCUT2D eigenvalue weighted by Gasteiger charge is 2.20. The molecule has 1 aromatic carbocycles. The SMILES string of the molecule is CCn1cc(C)c(C(=O)O)c1CC(=O)NCc1ccccc1Cl. The van der Waals surface area contributed by atoms with Gasteiger partial charge in [-0.15, -0.1) is 0 Å². The number of hydrogen-bond donors (Lipinski definition) is 2.